The summed E-state index contributed by atoms with van der Waals surface area (Å²) in [6.07, 6.45) is 0. The lowest BCUT2D eigenvalue weighted by atomic mass is 10.1. The molecule has 0 aliphatic carbocycles. The Morgan fingerprint density at radius 3 is 2.95 bits per heavy atom. The van der Waals surface area contributed by atoms with Gasteiger partial charge in [-0.3, -0.25) is 0 Å². The monoisotopic (exact) mass is 265 g/mol. The quantitative estimate of drug-likeness (QED) is 0.754. The second-order valence-corrected chi connectivity index (χ2v) is 5.21. The highest BCUT2D eigenvalue weighted by atomic mass is 32.1. The molecule has 0 unspecified atom stereocenters. The maximum atomic E-state index is 9.13. The van der Waals surface area contributed by atoms with Crippen molar-refractivity contribution in [1.82, 2.24) is 4.98 Å². The topological polar surface area (TPSA) is 48.7 Å². The van der Waals surface area contributed by atoms with Crippen molar-refractivity contribution in [3.8, 4) is 6.07 Å². The van der Waals surface area contributed by atoms with E-state index in [-0.39, 0.29) is 0 Å². The van der Waals surface area contributed by atoms with Crippen LogP contribution in [0.15, 0.2) is 41.9 Å². The van der Waals surface area contributed by atoms with Crippen LogP contribution >= 0.6 is 11.3 Å². The number of hydrogen-bond donors (Lipinski definition) is 1. The minimum atomic E-state index is 0.648. The zero-order chi connectivity index (χ0) is 13.2. The average Bonchev–Trinajstić information content (AvgIpc) is 2.86. The average molecular weight is 265 g/mol. The third kappa shape index (κ3) is 2.28. The van der Waals surface area contributed by atoms with Crippen LogP contribution in [0.25, 0.3) is 10.2 Å². The van der Waals surface area contributed by atoms with Crippen molar-refractivity contribution < 1.29 is 0 Å². The van der Waals surface area contributed by atoms with Crippen LogP contribution in [0.3, 0.4) is 0 Å². The molecule has 0 fully saturated rings. The van der Waals surface area contributed by atoms with E-state index in [1.165, 1.54) is 0 Å². The van der Waals surface area contributed by atoms with Crippen molar-refractivity contribution in [3.63, 3.8) is 0 Å². The Balaban J connectivity index is 2.00. The second kappa shape index (κ2) is 4.71. The van der Waals surface area contributed by atoms with Crippen LogP contribution in [0, 0.1) is 18.3 Å². The zero-order valence-electron chi connectivity index (χ0n) is 10.3. The fourth-order valence-corrected chi connectivity index (χ4v) is 2.66. The van der Waals surface area contributed by atoms with Crippen molar-refractivity contribution in [3.05, 3.63) is 53.0 Å². The fraction of sp³-hybridized carbons (Fsp3) is 0.0667. The SMILES string of the molecule is Cc1ccc(C#N)c(Nc2ccc3ncsc3c2)c1. The third-order valence-electron chi connectivity index (χ3n) is 2.91. The number of nitriles is 1. The molecule has 1 N–H and O–H groups in total. The number of thiazole rings is 1. The molecule has 0 bridgehead atoms. The van der Waals surface area contributed by atoms with Gasteiger partial charge in [0.15, 0.2) is 0 Å². The van der Waals surface area contributed by atoms with E-state index in [2.05, 4.69) is 22.4 Å². The normalized spacial score (nSPS) is 10.3. The highest BCUT2D eigenvalue weighted by Gasteiger charge is 2.04. The van der Waals surface area contributed by atoms with Gasteiger partial charge in [-0.25, -0.2) is 4.98 Å². The van der Waals surface area contributed by atoms with E-state index >= 15 is 0 Å². The van der Waals surface area contributed by atoms with Crippen LogP contribution in [0.4, 0.5) is 11.4 Å². The van der Waals surface area contributed by atoms with Crippen molar-refractivity contribution in [2.45, 2.75) is 6.92 Å². The number of benzene rings is 2. The summed E-state index contributed by atoms with van der Waals surface area (Å²) in [6.45, 7) is 2.01. The Hall–Kier alpha value is -2.38. The first-order valence-electron chi connectivity index (χ1n) is 5.87. The van der Waals surface area contributed by atoms with Gasteiger partial charge < -0.3 is 5.32 Å². The summed E-state index contributed by atoms with van der Waals surface area (Å²) < 4.78 is 1.14. The molecule has 0 saturated carbocycles. The number of aryl methyl sites for hydroxylation is 1. The molecule has 19 heavy (non-hydrogen) atoms. The van der Waals surface area contributed by atoms with Gasteiger partial charge in [0.25, 0.3) is 0 Å². The van der Waals surface area contributed by atoms with E-state index in [1.807, 2.05) is 42.8 Å². The van der Waals surface area contributed by atoms with Gasteiger partial charge in [0.2, 0.25) is 0 Å². The number of fused-ring (bicyclic) bond motifs is 1. The van der Waals surface area contributed by atoms with Gasteiger partial charge in [-0.05, 0) is 42.8 Å². The van der Waals surface area contributed by atoms with E-state index in [0.717, 1.165) is 27.2 Å². The van der Waals surface area contributed by atoms with Gasteiger partial charge in [-0.1, -0.05) is 6.07 Å². The molecule has 1 aromatic heterocycles. The van der Waals surface area contributed by atoms with E-state index in [0.29, 0.717) is 5.56 Å². The highest BCUT2D eigenvalue weighted by molar-refractivity contribution is 7.16. The highest BCUT2D eigenvalue weighted by Crippen LogP contribution is 2.26. The minimum absolute atomic E-state index is 0.648. The van der Waals surface area contributed by atoms with Crippen LogP contribution in [0.5, 0.6) is 0 Å². The van der Waals surface area contributed by atoms with E-state index in [4.69, 9.17) is 5.26 Å². The molecule has 0 amide bonds. The van der Waals surface area contributed by atoms with Gasteiger partial charge in [0.1, 0.15) is 6.07 Å². The summed E-state index contributed by atoms with van der Waals surface area (Å²) in [4.78, 5) is 4.25. The van der Waals surface area contributed by atoms with Crippen molar-refractivity contribution in [1.29, 1.82) is 5.26 Å². The standard InChI is InChI=1S/C15H11N3S/c1-10-2-3-11(8-16)14(6-10)18-12-4-5-13-15(7-12)19-9-17-13/h2-7,9,18H,1H3. The van der Waals surface area contributed by atoms with Gasteiger partial charge in [-0.15, -0.1) is 11.3 Å². The van der Waals surface area contributed by atoms with Crippen LogP contribution in [-0.2, 0) is 0 Å². The molecule has 3 rings (SSSR count). The number of anilines is 2. The molecule has 0 atom stereocenters. The number of aromatic nitrogens is 1. The molecule has 0 radical (unpaired) electrons. The van der Waals surface area contributed by atoms with Gasteiger partial charge in [-0.2, -0.15) is 5.26 Å². The molecule has 1 heterocycles. The van der Waals surface area contributed by atoms with Crippen molar-refractivity contribution >= 4 is 32.9 Å². The molecule has 4 heteroatoms. The van der Waals surface area contributed by atoms with Crippen LogP contribution in [0.1, 0.15) is 11.1 Å². The summed E-state index contributed by atoms with van der Waals surface area (Å²) in [5.74, 6) is 0. The Labute approximate surface area is 115 Å². The smallest absolute Gasteiger partial charge is 0.101 e. The van der Waals surface area contributed by atoms with Gasteiger partial charge in [0, 0.05) is 5.69 Å². The van der Waals surface area contributed by atoms with Crippen LogP contribution in [0.2, 0.25) is 0 Å². The molecular weight excluding hydrogens is 254 g/mol. The molecule has 92 valence electrons. The lowest BCUT2D eigenvalue weighted by Crippen LogP contribution is -1.94. The summed E-state index contributed by atoms with van der Waals surface area (Å²) >= 11 is 1.61. The van der Waals surface area contributed by atoms with Crippen molar-refractivity contribution in [2.24, 2.45) is 0 Å². The number of nitrogens with zero attached hydrogens (tertiary/aromatic N) is 2. The predicted molar refractivity (Wildman–Crippen MR) is 78.8 cm³/mol. The number of rotatable bonds is 2. The lowest BCUT2D eigenvalue weighted by Gasteiger charge is -2.09. The first kappa shape index (κ1) is 11.7. The molecule has 0 aliphatic rings. The maximum absolute atomic E-state index is 9.13. The van der Waals surface area contributed by atoms with Crippen LogP contribution < -0.4 is 5.32 Å². The van der Waals surface area contributed by atoms with Crippen LogP contribution in [-0.4, -0.2) is 4.98 Å². The molecule has 3 aromatic rings. The Kier molecular flexibility index (Phi) is 2.90. The third-order valence-corrected chi connectivity index (χ3v) is 3.70. The molecule has 0 aliphatic heterocycles. The number of nitrogens with one attached hydrogen (secondary N) is 1. The molecule has 2 aromatic carbocycles. The predicted octanol–water partition coefficient (Wildman–Crippen LogP) is 4.22. The Bertz CT molecular complexity index is 783. The lowest BCUT2D eigenvalue weighted by molar-refractivity contribution is 1.41. The fourth-order valence-electron chi connectivity index (χ4n) is 1.95. The van der Waals surface area contributed by atoms with Crippen molar-refractivity contribution in [2.75, 3.05) is 5.32 Å². The minimum Gasteiger partial charge on any atom is -0.354 e. The molecule has 3 nitrogen and oxygen atoms in total. The number of hydrogen-bond acceptors (Lipinski definition) is 4. The zero-order valence-corrected chi connectivity index (χ0v) is 11.2. The van der Waals surface area contributed by atoms with E-state index in [1.54, 1.807) is 11.3 Å². The van der Waals surface area contributed by atoms with E-state index in [9.17, 15) is 0 Å². The van der Waals surface area contributed by atoms with Gasteiger partial charge >= 0.3 is 0 Å². The largest absolute Gasteiger partial charge is 0.354 e. The van der Waals surface area contributed by atoms with Gasteiger partial charge in [0.05, 0.1) is 27.0 Å². The summed E-state index contributed by atoms with van der Waals surface area (Å²) in [7, 11) is 0. The molecule has 0 spiro atoms. The molecular formula is C15H11N3S. The van der Waals surface area contributed by atoms with E-state index < -0.39 is 0 Å². The summed E-state index contributed by atoms with van der Waals surface area (Å²) in [5, 5.41) is 12.4. The maximum Gasteiger partial charge on any atom is 0.101 e. The Morgan fingerprint density at radius 2 is 2.11 bits per heavy atom. The summed E-state index contributed by atoms with van der Waals surface area (Å²) in [6, 6.07) is 14.0. The first-order valence-corrected chi connectivity index (χ1v) is 6.75. The summed E-state index contributed by atoms with van der Waals surface area (Å²) in [5.41, 5.74) is 6.42. The Morgan fingerprint density at radius 1 is 1.21 bits per heavy atom. The second-order valence-electron chi connectivity index (χ2n) is 4.32. The molecule has 0 saturated heterocycles. The first-order chi connectivity index (χ1) is 9.26.